The minimum Gasteiger partial charge on any atom is -0.420 e. The number of nitrogens with one attached hydrogen (secondary N) is 1. The van der Waals surface area contributed by atoms with Crippen LogP contribution in [0.15, 0.2) is 34.7 Å². The Morgan fingerprint density at radius 3 is 2.82 bits per heavy atom. The number of carbonyl (C=O) groups is 1. The molecule has 1 radical (unpaired) electrons. The smallest absolute Gasteiger partial charge is 0.300 e. The Balaban J connectivity index is 1.60. The average Bonchev–Trinajstić information content (AvgIpc) is 3.34. The average molecular weight is 385 g/mol. The van der Waals surface area contributed by atoms with E-state index in [-0.39, 0.29) is 36.0 Å². The highest BCUT2D eigenvalue weighted by molar-refractivity contribution is 5.82. The fourth-order valence-corrected chi connectivity index (χ4v) is 3.24. The van der Waals surface area contributed by atoms with Crippen molar-refractivity contribution in [3.05, 3.63) is 59.5 Å². The molecule has 1 aromatic heterocycles. The Kier molecular flexibility index (Phi) is 4.95. The maximum absolute atomic E-state index is 14.9. The van der Waals surface area contributed by atoms with Gasteiger partial charge < -0.3 is 20.4 Å². The maximum atomic E-state index is 14.9. The summed E-state index contributed by atoms with van der Waals surface area (Å²) in [6.45, 7) is 1.45. The molecule has 145 valence electrons. The third-order valence-corrected chi connectivity index (χ3v) is 4.76. The van der Waals surface area contributed by atoms with Crippen LogP contribution < -0.4 is 11.1 Å². The number of amides is 1. The summed E-state index contributed by atoms with van der Waals surface area (Å²) in [4.78, 5) is 18.2. The van der Waals surface area contributed by atoms with Crippen LogP contribution in [-0.4, -0.2) is 28.9 Å². The number of fused-ring (bicyclic) bond motifs is 1. The van der Waals surface area contributed by atoms with Crippen LogP contribution in [0.25, 0.3) is 11.1 Å². The van der Waals surface area contributed by atoms with Gasteiger partial charge in [-0.2, -0.15) is 4.98 Å². The molecule has 8 heteroatoms. The zero-order valence-corrected chi connectivity index (χ0v) is 15.0. The first-order valence-corrected chi connectivity index (χ1v) is 8.98. The van der Waals surface area contributed by atoms with Gasteiger partial charge in [-0.1, -0.05) is 12.1 Å². The van der Waals surface area contributed by atoms with E-state index in [0.717, 1.165) is 6.42 Å². The summed E-state index contributed by atoms with van der Waals surface area (Å²) in [6, 6.07) is 7.29. The predicted octanol–water partition coefficient (Wildman–Crippen LogP) is 3.29. The SMILES string of the molecule is NCc1ccc(F)cc1Nc1nc2ccc(CC(=O)N3C[CH]CC3)c(F)c2o1. The Bertz CT molecular complexity index is 1030. The minimum atomic E-state index is -0.618. The summed E-state index contributed by atoms with van der Waals surface area (Å²) < 4.78 is 33.9. The van der Waals surface area contributed by atoms with Gasteiger partial charge in [0.2, 0.25) is 5.91 Å². The van der Waals surface area contributed by atoms with Crippen LogP contribution in [0.3, 0.4) is 0 Å². The molecular formula is C20H19F2N4O2. The number of halogens is 2. The molecule has 6 nitrogen and oxygen atoms in total. The van der Waals surface area contributed by atoms with Crippen LogP contribution in [-0.2, 0) is 17.8 Å². The standard InChI is InChI=1S/C20H19F2N4O2/c21-14-5-3-13(11-23)16(10-14)25-20-24-15-6-4-12(18(22)19(15)28-20)9-17(27)26-7-1-2-8-26/h1,3-6,10H,2,7-9,11,23H2,(H,24,25). The van der Waals surface area contributed by atoms with Crippen molar-refractivity contribution in [1.82, 2.24) is 9.88 Å². The fraction of sp³-hybridized carbons (Fsp3) is 0.250. The molecule has 0 aliphatic carbocycles. The topological polar surface area (TPSA) is 84.4 Å². The highest BCUT2D eigenvalue weighted by Crippen LogP contribution is 2.28. The molecule has 4 rings (SSSR count). The number of hydrogen-bond donors (Lipinski definition) is 2. The lowest BCUT2D eigenvalue weighted by molar-refractivity contribution is -0.129. The molecule has 1 saturated heterocycles. The largest absolute Gasteiger partial charge is 0.420 e. The van der Waals surface area contributed by atoms with Crippen molar-refractivity contribution in [2.24, 2.45) is 5.73 Å². The van der Waals surface area contributed by atoms with Crippen molar-refractivity contribution in [3.63, 3.8) is 0 Å². The number of nitrogens with two attached hydrogens (primary N) is 1. The lowest BCUT2D eigenvalue weighted by atomic mass is 10.1. The summed E-state index contributed by atoms with van der Waals surface area (Å²) >= 11 is 0. The van der Waals surface area contributed by atoms with E-state index in [9.17, 15) is 13.6 Å². The Hall–Kier alpha value is -3.00. The summed E-state index contributed by atoms with van der Waals surface area (Å²) in [5.74, 6) is -1.19. The first kappa shape index (κ1) is 18.4. The molecule has 2 heterocycles. The molecule has 3 aromatic rings. The summed E-state index contributed by atoms with van der Waals surface area (Å²) in [7, 11) is 0. The lowest BCUT2D eigenvalue weighted by Crippen LogP contribution is -2.29. The van der Waals surface area contributed by atoms with Gasteiger partial charge in [-0.05, 0) is 36.6 Å². The van der Waals surface area contributed by atoms with E-state index in [1.54, 1.807) is 17.0 Å². The molecule has 28 heavy (non-hydrogen) atoms. The minimum absolute atomic E-state index is 0.0202. The van der Waals surface area contributed by atoms with Crippen LogP contribution in [0.1, 0.15) is 17.5 Å². The molecule has 1 aliphatic heterocycles. The zero-order valence-electron chi connectivity index (χ0n) is 15.0. The van der Waals surface area contributed by atoms with Gasteiger partial charge in [0, 0.05) is 30.9 Å². The third kappa shape index (κ3) is 3.55. The van der Waals surface area contributed by atoms with Crippen molar-refractivity contribution in [2.75, 3.05) is 18.4 Å². The van der Waals surface area contributed by atoms with Crippen molar-refractivity contribution >= 4 is 28.7 Å². The molecule has 3 N–H and O–H groups in total. The van der Waals surface area contributed by atoms with E-state index < -0.39 is 11.6 Å². The number of likely N-dealkylation sites (tertiary alicyclic amines) is 1. The Morgan fingerprint density at radius 2 is 2.07 bits per heavy atom. The van der Waals surface area contributed by atoms with Gasteiger partial charge in [0.05, 0.1) is 6.42 Å². The first-order chi connectivity index (χ1) is 13.5. The molecular weight excluding hydrogens is 366 g/mol. The quantitative estimate of drug-likeness (QED) is 0.704. The van der Waals surface area contributed by atoms with Gasteiger partial charge in [0.1, 0.15) is 11.3 Å². The monoisotopic (exact) mass is 385 g/mol. The van der Waals surface area contributed by atoms with Crippen LogP contribution in [0.2, 0.25) is 0 Å². The van der Waals surface area contributed by atoms with Gasteiger partial charge in [-0.25, -0.2) is 8.78 Å². The second-order valence-electron chi connectivity index (χ2n) is 6.63. The number of aromatic nitrogens is 1. The summed E-state index contributed by atoms with van der Waals surface area (Å²) in [5.41, 5.74) is 7.23. The number of carbonyl (C=O) groups excluding carboxylic acids is 1. The Labute approximate surface area is 160 Å². The number of hydrogen-bond acceptors (Lipinski definition) is 5. The molecule has 0 saturated carbocycles. The zero-order chi connectivity index (χ0) is 19.7. The number of anilines is 2. The van der Waals surface area contributed by atoms with E-state index >= 15 is 0 Å². The van der Waals surface area contributed by atoms with E-state index in [1.807, 2.05) is 6.42 Å². The summed E-state index contributed by atoms with van der Waals surface area (Å²) in [5, 5.41) is 2.84. The van der Waals surface area contributed by atoms with Crippen molar-refractivity contribution in [1.29, 1.82) is 0 Å². The van der Waals surface area contributed by atoms with Crippen LogP contribution >= 0.6 is 0 Å². The van der Waals surface area contributed by atoms with Crippen molar-refractivity contribution < 1.29 is 18.0 Å². The van der Waals surface area contributed by atoms with Gasteiger partial charge in [-0.3, -0.25) is 4.79 Å². The van der Waals surface area contributed by atoms with E-state index in [2.05, 4.69) is 10.3 Å². The summed E-state index contributed by atoms with van der Waals surface area (Å²) in [6.07, 6.45) is 2.84. The Morgan fingerprint density at radius 1 is 1.25 bits per heavy atom. The van der Waals surface area contributed by atoms with Gasteiger partial charge in [0.15, 0.2) is 11.4 Å². The first-order valence-electron chi connectivity index (χ1n) is 8.98. The molecule has 0 spiro atoms. The van der Waals surface area contributed by atoms with Crippen molar-refractivity contribution in [2.45, 2.75) is 19.4 Å². The van der Waals surface area contributed by atoms with Gasteiger partial charge >= 0.3 is 0 Å². The molecule has 1 aliphatic rings. The highest BCUT2D eigenvalue weighted by Gasteiger charge is 2.22. The number of rotatable bonds is 5. The molecule has 0 bridgehead atoms. The van der Waals surface area contributed by atoms with E-state index in [4.69, 9.17) is 10.2 Å². The highest BCUT2D eigenvalue weighted by atomic mass is 19.1. The van der Waals surface area contributed by atoms with Crippen LogP contribution in [0.4, 0.5) is 20.5 Å². The van der Waals surface area contributed by atoms with E-state index in [1.165, 1.54) is 18.2 Å². The number of oxazole rings is 1. The normalized spacial score (nSPS) is 14.0. The van der Waals surface area contributed by atoms with E-state index in [0.29, 0.717) is 29.9 Å². The second-order valence-corrected chi connectivity index (χ2v) is 6.63. The number of nitrogens with zero attached hydrogens (tertiary/aromatic N) is 2. The van der Waals surface area contributed by atoms with Gasteiger partial charge in [0.25, 0.3) is 6.01 Å². The van der Waals surface area contributed by atoms with Crippen molar-refractivity contribution in [3.8, 4) is 0 Å². The number of benzene rings is 2. The lowest BCUT2D eigenvalue weighted by Gasteiger charge is -2.15. The van der Waals surface area contributed by atoms with Gasteiger partial charge in [-0.15, -0.1) is 0 Å². The third-order valence-electron chi connectivity index (χ3n) is 4.76. The molecule has 1 fully saturated rings. The predicted molar refractivity (Wildman–Crippen MR) is 101 cm³/mol. The van der Waals surface area contributed by atoms with Crippen LogP contribution in [0.5, 0.6) is 0 Å². The maximum Gasteiger partial charge on any atom is 0.300 e. The molecule has 2 aromatic carbocycles. The molecule has 0 unspecified atom stereocenters. The molecule has 0 atom stereocenters. The fourth-order valence-electron chi connectivity index (χ4n) is 3.24. The molecule has 1 amide bonds. The van der Waals surface area contributed by atoms with Crippen LogP contribution in [0, 0.1) is 18.1 Å². The second kappa shape index (κ2) is 7.55.